The zero-order chi connectivity index (χ0) is 14.1. The van der Waals surface area contributed by atoms with Crippen LogP contribution in [0.25, 0.3) is 0 Å². The van der Waals surface area contributed by atoms with E-state index in [2.05, 4.69) is 19.2 Å². The Balaban J connectivity index is 2.05. The van der Waals surface area contributed by atoms with Gasteiger partial charge in [-0.2, -0.15) is 0 Å². The number of aliphatic hydroxyl groups excluding tert-OH is 2. The van der Waals surface area contributed by atoms with Gasteiger partial charge in [-0.1, -0.05) is 19.8 Å². The van der Waals surface area contributed by atoms with E-state index in [1.807, 2.05) is 0 Å². The molecule has 0 aromatic carbocycles. The lowest BCUT2D eigenvalue weighted by molar-refractivity contribution is -0.0311. The molecule has 4 heteroatoms. The molecule has 0 aromatic heterocycles. The van der Waals surface area contributed by atoms with Crippen LogP contribution in [-0.4, -0.2) is 48.2 Å². The third kappa shape index (κ3) is 7.88. The molecule has 1 fully saturated rings. The fraction of sp³-hybridized carbons (Fsp3) is 1.00. The summed E-state index contributed by atoms with van der Waals surface area (Å²) in [6.45, 7) is 5.58. The van der Waals surface area contributed by atoms with E-state index in [4.69, 9.17) is 9.84 Å². The monoisotopic (exact) mass is 273 g/mol. The van der Waals surface area contributed by atoms with E-state index >= 15 is 0 Å². The predicted octanol–water partition coefficient (Wildman–Crippen LogP) is 1.69. The van der Waals surface area contributed by atoms with Crippen LogP contribution < -0.4 is 5.32 Å². The van der Waals surface area contributed by atoms with Crippen molar-refractivity contribution in [2.45, 2.75) is 70.6 Å². The lowest BCUT2D eigenvalue weighted by Gasteiger charge is -2.28. The fourth-order valence-electron chi connectivity index (χ4n) is 2.67. The highest BCUT2D eigenvalue weighted by molar-refractivity contribution is 4.72. The summed E-state index contributed by atoms with van der Waals surface area (Å²) >= 11 is 0. The summed E-state index contributed by atoms with van der Waals surface area (Å²) in [6, 6.07) is 0.330. The van der Waals surface area contributed by atoms with Crippen LogP contribution in [0.3, 0.4) is 0 Å². The molecule has 0 aromatic rings. The molecule has 0 aliphatic heterocycles. The van der Waals surface area contributed by atoms with Gasteiger partial charge >= 0.3 is 0 Å². The number of rotatable bonds is 9. The molecular weight excluding hydrogens is 242 g/mol. The normalized spacial score (nSPS) is 27.2. The van der Waals surface area contributed by atoms with Crippen molar-refractivity contribution in [3.63, 3.8) is 0 Å². The number of nitrogens with one attached hydrogen (secondary N) is 1. The maximum Gasteiger partial charge on any atom is 0.0897 e. The highest BCUT2D eigenvalue weighted by Gasteiger charge is 2.20. The van der Waals surface area contributed by atoms with Crippen LogP contribution in [0.15, 0.2) is 0 Å². The molecule has 0 heterocycles. The zero-order valence-electron chi connectivity index (χ0n) is 12.5. The topological polar surface area (TPSA) is 61.7 Å². The van der Waals surface area contributed by atoms with Crippen LogP contribution in [0.2, 0.25) is 0 Å². The summed E-state index contributed by atoms with van der Waals surface area (Å²) in [5.74, 6) is 0.757. The van der Waals surface area contributed by atoms with Crippen molar-refractivity contribution in [3.05, 3.63) is 0 Å². The Labute approximate surface area is 117 Å². The smallest absolute Gasteiger partial charge is 0.0897 e. The highest BCUT2D eigenvalue weighted by atomic mass is 16.5. The second-order valence-corrected chi connectivity index (χ2v) is 6.06. The van der Waals surface area contributed by atoms with Crippen LogP contribution in [0.1, 0.15) is 52.4 Å². The second-order valence-electron chi connectivity index (χ2n) is 6.06. The largest absolute Gasteiger partial charge is 0.396 e. The van der Waals surface area contributed by atoms with Crippen molar-refractivity contribution in [2.24, 2.45) is 5.92 Å². The molecule has 1 rings (SSSR count). The molecule has 4 nitrogen and oxygen atoms in total. The molecule has 3 N–H and O–H groups in total. The van der Waals surface area contributed by atoms with Crippen LogP contribution in [0.5, 0.6) is 0 Å². The van der Waals surface area contributed by atoms with E-state index in [-0.39, 0.29) is 6.61 Å². The van der Waals surface area contributed by atoms with E-state index in [0.29, 0.717) is 25.3 Å². The molecule has 0 spiro atoms. The second kappa shape index (κ2) is 9.70. The van der Waals surface area contributed by atoms with Gasteiger partial charge in [0.05, 0.1) is 18.8 Å². The first-order valence-corrected chi connectivity index (χ1v) is 7.75. The minimum Gasteiger partial charge on any atom is -0.396 e. The van der Waals surface area contributed by atoms with Gasteiger partial charge in [0.1, 0.15) is 0 Å². The van der Waals surface area contributed by atoms with Gasteiger partial charge in [-0.15, -0.1) is 0 Å². The lowest BCUT2D eigenvalue weighted by atomic mass is 9.89. The molecule has 4 atom stereocenters. The Hall–Kier alpha value is -0.160. The minimum absolute atomic E-state index is 0.234. The molecule has 4 unspecified atom stereocenters. The molecule has 0 amide bonds. The Kier molecular flexibility index (Phi) is 8.62. The Morgan fingerprint density at radius 3 is 2.84 bits per heavy atom. The van der Waals surface area contributed by atoms with Gasteiger partial charge in [-0.3, -0.25) is 0 Å². The standard InChI is InChI=1S/C15H31NO3/c1-12-5-3-7-15(9-12)19-11-14(18)10-16-13(2)6-4-8-17/h12-18H,3-11H2,1-2H3. The highest BCUT2D eigenvalue weighted by Crippen LogP contribution is 2.25. The number of aliphatic hydroxyl groups is 2. The first kappa shape index (κ1) is 16.9. The predicted molar refractivity (Wildman–Crippen MR) is 77.2 cm³/mol. The first-order valence-electron chi connectivity index (χ1n) is 7.75. The Morgan fingerprint density at radius 1 is 1.37 bits per heavy atom. The van der Waals surface area contributed by atoms with E-state index in [9.17, 15) is 5.11 Å². The lowest BCUT2D eigenvalue weighted by Crippen LogP contribution is -2.37. The van der Waals surface area contributed by atoms with Crippen molar-refractivity contribution in [2.75, 3.05) is 19.8 Å². The summed E-state index contributed by atoms with van der Waals surface area (Å²) < 4.78 is 5.80. The van der Waals surface area contributed by atoms with Gasteiger partial charge in [0.25, 0.3) is 0 Å². The molecule has 0 radical (unpaired) electrons. The number of hydrogen-bond acceptors (Lipinski definition) is 4. The van der Waals surface area contributed by atoms with E-state index in [1.54, 1.807) is 0 Å². The molecule has 19 heavy (non-hydrogen) atoms. The maximum atomic E-state index is 9.88. The average molecular weight is 273 g/mol. The fourth-order valence-corrected chi connectivity index (χ4v) is 2.67. The van der Waals surface area contributed by atoms with Crippen LogP contribution >= 0.6 is 0 Å². The van der Waals surface area contributed by atoms with Crippen molar-refractivity contribution < 1.29 is 14.9 Å². The van der Waals surface area contributed by atoms with Gasteiger partial charge in [-0.25, -0.2) is 0 Å². The molecule has 114 valence electrons. The van der Waals surface area contributed by atoms with Crippen molar-refractivity contribution >= 4 is 0 Å². The molecule has 0 saturated heterocycles. The summed E-state index contributed by atoms with van der Waals surface area (Å²) in [5.41, 5.74) is 0. The third-order valence-corrected chi connectivity index (χ3v) is 3.91. The number of ether oxygens (including phenoxy) is 1. The molecule has 1 aliphatic rings. The SMILES string of the molecule is CC1CCCC(OCC(O)CNC(C)CCCO)C1. The van der Waals surface area contributed by atoms with Crippen LogP contribution in [0.4, 0.5) is 0 Å². The summed E-state index contributed by atoms with van der Waals surface area (Å²) in [7, 11) is 0. The summed E-state index contributed by atoms with van der Waals surface area (Å²) in [6.07, 6.45) is 6.47. The molecule has 1 aliphatic carbocycles. The van der Waals surface area contributed by atoms with Gasteiger partial charge < -0.3 is 20.3 Å². The van der Waals surface area contributed by atoms with Crippen LogP contribution in [0, 0.1) is 5.92 Å². The first-order chi connectivity index (χ1) is 9.11. The zero-order valence-corrected chi connectivity index (χ0v) is 12.5. The van der Waals surface area contributed by atoms with Crippen molar-refractivity contribution in [3.8, 4) is 0 Å². The molecular formula is C15H31NO3. The van der Waals surface area contributed by atoms with Gasteiger partial charge in [0.15, 0.2) is 0 Å². The van der Waals surface area contributed by atoms with Crippen molar-refractivity contribution in [1.82, 2.24) is 5.32 Å². The maximum absolute atomic E-state index is 9.88. The summed E-state index contributed by atoms with van der Waals surface area (Å²) in [4.78, 5) is 0. The Morgan fingerprint density at radius 2 is 2.16 bits per heavy atom. The van der Waals surface area contributed by atoms with Gasteiger partial charge in [0, 0.05) is 19.2 Å². The summed E-state index contributed by atoms with van der Waals surface area (Å²) in [5, 5.41) is 21.9. The average Bonchev–Trinajstić information content (AvgIpc) is 2.40. The van der Waals surface area contributed by atoms with E-state index < -0.39 is 6.10 Å². The van der Waals surface area contributed by atoms with E-state index in [0.717, 1.165) is 31.6 Å². The van der Waals surface area contributed by atoms with Gasteiger partial charge in [-0.05, 0) is 38.5 Å². The van der Waals surface area contributed by atoms with Gasteiger partial charge in [0.2, 0.25) is 0 Å². The Bertz CT molecular complexity index is 225. The van der Waals surface area contributed by atoms with Crippen LogP contribution in [-0.2, 0) is 4.74 Å². The quantitative estimate of drug-likeness (QED) is 0.598. The minimum atomic E-state index is -0.436. The number of hydrogen-bond donors (Lipinski definition) is 3. The van der Waals surface area contributed by atoms with E-state index in [1.165, 1.54) is 12.8 Å². The van der Waals surface area contributed by atoms with Crippen molar-refractivity contribution in [1.29, 1.82) is 0 Å². The molecule has 1 saturated carbocycles. The molecule has 0 bridgehead atoms. The third-order valence-electron chi connectivity index (χ3n) is 3.91.